The molecule has 0 unspecified atom stereocenters. The quantitative estimate of drug-likeness (QED) is 0.898. The van der Waals surface area contributed by atoms with E-state index in [1.807, 2.05) is 0 Å². The minimum Gasteiger partial charge on any atom is -0.497 e. The summed E-state index contributed by atoms with van der Waals surface area (Å²) >= 11 is 0. The summed E-state index contributed by atoms with van der Waals surface area (Å²) in [6, 6.07) is 6.20. The van der Waals surface area contributed by atoms with Crippen molar-refractivity contribution in [2.75, 3.05) is 20.2 Å². The number of methoxy groups -OCH3 is 1. The maximum Gasteiger partial charge on any atom is 0.318 e. The molecule has 2 amide bonds. The molecule has 7 nitrogen and oxygen atoms in total. The Kier molecular flexibility index (Phi) is 5.06. The Balaban J connectivity index is 1.60. The van der Waals surface area contributed by atoms with Crippen LogP contribution in [-0.4, -0.2) is 47.2 Å². The second kappa shape index (κ2) is 7.27. The van der Waals surface area contributed by atoms with Gasteiger partial charge in [0.1, 0.15) is 11.8 Å². The molecule has 1 aliphatic heterocycles. The van der Waals surface area contributed by atoms with Crippen molar-refractivity contribution in [1.82, 2.24) is 20.4 Å². The molecule has 1 aromatic heterocycles. The van der Waals surface area contributed by atoms with Crippen LogP contribution in [0, 0.1) is 0 Å². The average Bonchev–Trinajstić information content (AvgIpc) is 3.12. The van der Waals surface area contributed by atoms with Gasteiger partial charge in [0.2, 0.25) is 11.7 Å². The second-order valence-electron chi connectivity index (χ2n) is 6.20. The van der Waals surface area contributed by atoms with E-state index in [9.17, 15) is 13.6 Å². The average molecular weight is 366 g/mol. The number of urea groups is 1. The van der Waals surface area contributed by atoms with Crippen molar-refractivity contribution in [2.24, 2.45) is 0 Å². The molecule has 1 N–H and O–H groups in total. The van der Waals surface area contributed by atoms with Crippen LogP contribution in [0.25, 0.3) is 11.4 Å². The Morgan fingerprint density at radius 3 is 2.58 bits per heavy atom. The van der Waals surface area contributed by atoms with E-state index in [1.165, 1.54) is 4.90 Å². The summed E-state index contributed by atoms with van der Waals surface area (Å²) in [6.45, 7) is 1.74. The number of nitrogens with one attached hydrogen (secondary N) is 1. The van der Waals surface area contributed by atoms with Crippen LogP contribution < -0.4 is 10.1 Å². The Morgan fingerprint density at radius 2 is 1.96 bits per heavy atom. The monoisotopic (exact) mass is 366 g/mol. The Bertz CT molecular complexity index is 754. The fourth-order valence-electron chi connectivity index (χ4n) is 2.64. The first kappa shape index (κ1) is 18.1. The van der Waals surface area contributed by atoms with Crippen LogP contribution in [0.2, 0.25) is 0 Å². The van der Waals surface area contributed by atoms with E-state index >= 15 is 0 Å². The van der Waals surface area contributed by atoms with E-state index in [1.54, 1.807) is 38.3 Å². The van der Waals surface area contributed by atoms with Gasteiger partial charge in [-0.25, -0.2) is 13.6 Å². The van der Waals surface area contributed by atoms with E-state index < -0.39 is 18.0 Å². The normalized spacial score (nSPS) is 17.6. The predicted molar refractivity (Wildman–Crippen MR) is 89.0 cm³/mol. The molecule has 0 bridgehead atoms. The van der Waals surface area contributed by atoms with Crippen molar-refractivity contribution in [3.05, 3.63) is 30.2 Å². The maximum absolute atomic E-state index is 13.2. The number of alkyl halides is 2. The Morgan fingerprint density at radius 1 is 1.31 bits per heavy atom. The van der Waals surface area contributed by atoms with Crippen molar-refractivity contribution in [3.63, 3.8) is 0 Å². The van der Waals surface area contributed by atoms with Crippen LogP contribution in [0.5, 0.6) is 5.75 Å². The van der Waals surface area contributed by atoms with Crippen molar-refractivity contribution < 1.29 is 22.8 Å². The summed E-state index contributed by atoms with van der Waals surface area (Å²) in [5, 5.41) is 6.61. The van der Waals surface area contributed by atoms with Gasteiger partial charge in [0.15, 0.2) is 0 Å². The van der Waals surface area contributed by atoms with Gasteiger partial charge in [-0.15, -0.1) is 0 Å². The molecule has 1 atom stereocenters. The number of amides is 2. The second-order valence-corrected chi connectivity index (χ2v) is 6.20. The third kappa shape index (κ3) is 4.09. The number of aromatic nitrogens is 2. The Hall–Kier alpha value is -2.71. The van der Waals surface area contributed by atoms with E-state index in [-0.39, 0.29) is 31.8 Å². The van der Waals surface area contributed by atoms with Crippen molar-refractivity contribution in [2.45, 2.75) is 31.7 Å². The molecule has 140 valence electrons. The van der Waals surface area contributed by atoms with Gasteiger partial charge >= 0.3 is 6.03 Å². The SMILES string of the molecule is COc1ccc(-c2noc([C@H](C)NC(=O)N3CCC(F)(F)CC3)n2)cc1. The number of carbonyl (C=O) groups is 1. The lowest BCUT2D eigenvalue weighted by atomic mass is 10.1. The van der Waals surface area contributed by atoms with Gasteiger partial charge in [0.25, 0.3) is 5.92 Å². The van der Waals surface area contributed by atoms with Crippen LogP contribution >= 0.6 is 0 Å². The first-order valence-corrected chi connectivity index (χ1v) is 8.29. The highest BCUT2D eigenvalue weighted by molar-refractivity contribution is 5.74. The van der Waals surface area contributed by atoms with E-state index in [0.717, 1.165) is 5.56 Å². The van der Waals surface area contributed by atoms with E-state index in [4.69, 9.17) is 9.26 Å². The first-order chi connectivity index (χ1) is 12.4. The minimum absolute atomic E-state index is 0.0203. The lowest BCUT2D eigenvalue weighted by Gasteiger charge is -2.32. The summed E-state index contributed by atoms with van der Waals surface area (Å²) in [7, 11) is 1.58. The fourth-order valence-corrected chi connectivity index (χ4v) is 2.64. The largest absolute Gasteiger partial charge is 0.497 e. The topological polar surface area (TPSA) is 80.5 Å². The van der Waals surface area contributed by atoms with Gasteiger partial charge in [0.05, 0.1) is 7.11 Å². The number of halogens is 2. The molecule has 2 heterocycles. The zero-order chi connectivity index (χ0) is 18.7. The van der Waals surface area contributed by atoms with Crippen LogP contribution in [0.15, 0.2) is 28.8 Å². The summed E-state index contributed by atoms with van der Waals surface area (Å²) in [6.07, 6.45) is -0.645. The van der Waals surface area contributed by atoms with E-state index in [0.29, 0.717) is 11.6 Å². The van der Waals surface area contributed by atoms with Crippen molar-refractivity contribution >= 4 is 6.03 Å². The van der Waals surface area contributed by atoms with Crippen LogP contribution in [0.3, 0.4) is 0 Å². The first-order valence-electron chi connectivity index (χ1n) is 8.29. The number of likely N-dealkylation sites (tertiary alicyclic amines) is 1. The van der Waals surface area contributed by atoms with Gasteiger partial charge in [-0.1, -0.05) is 5.16 Å². The molecule has 0 aliphatic carbocycles. The van der Waals surface area contributed by atoms with E-state index in [2.05, 4.69) is 15.5 Å². The number of rotatable bonds is 4. The lowest BCUT2D eigenvalue weighted by molar-refractivity contribution is -0.0471. The zero-order valence-corrected chi connectivity index (χ0v) is 14.5. The fraction of sp³-hybridized carbons (Fsp3) is 0.471. The summed E-state index contributed by atoms with van der Waals surface area (Å²) in [5.41, 5.74) is 0.748. The molecule has 1 aromatic carbocycles. The van der Waals surface area contributed by atoms with Crippen molar-refractivity contribution in [1.29, 1.82) is 0 Å². The zero-order valence-electron chi connectivity index (χ0n) is 14.5. The number of ether oxygens (including phenoxy) is 1. The number of benzene rings is 1. The molecular weight excluding hydrogens is 346 g/mol. The van der Waals surface area contributed by atoms with Crippen LogP contribution in [0.1, 0.15) is 31.7 Å². The number of carbonyl (C=O) groups excluding carboxylic acids is 1. The maximum atomic E-state index is 13.2. The van der Waals surface area contributed by atoms with Gasteiger partial charge < -0.3 is 19.5 Å². The molecule has 2 aromatic rings. The third-order valence-corrected chi connectivity index (χ3v) is 4.28. The lowest BCUT2D eigenvalue weighted by Crippen LogP contribution is -2.47. The molecule has 0 spiro atoms. The number of hydrogen-bond acceptors (Lipinski definition) is 5. The van der Waals surface area contributed by atoms with Gasteiger partial charge in [-0.05, 0) is 31.2 Å². The van der Waals surface area contributed by atoms with Crippen LogP contribution in [0.4, 0.5) is 13.6 Å². The molecular formula is C17H20F2N4O3. The molecule has 1 saturated heterocycles. The highest BCUT2D eigenvalue weighted by atomic mass is 19.3. The summed E-state index contributed by atoms with van der Waals surface area (Å²) in [5.74, 6) is -1.35. The summed E-state index contributed by atoms with van der Waals surface area (Å²) < 4.78 is 36.7. The predicted octanol–water partition coefficient (Wildman–Crippen LogP) is 3.25. The minimum atomic E-state index is -2.69. The molecule has 3 rings (SSSR count). The molecule has 1 aliphatic rings. The molecule has 0 radical (unpaired) electrons. The number of piperidine rings is 1. The Labute approximate surface area is 149 Å². The smallest absolute Gasteiger partial charge is 0.318 e. The molecule has 26 heavy (non-hydrogen) atoms. The molecule has 9 heteroatoms. The highest BCUT2D eigenvalue weighted by Crippen LogP contribution is 2.28. The third-order valence-electron chi connectivity index (χ3n) is 4.28. The summed E-state index contributed by atoms with van der Waals surface area (Å²) in [4.78, 5) is 17.9. The highest BCUT2D eigenvalue weighted by Gasteiger charge is 2.36. The van der Waals surface area contributed by atoms with Gasteiger partial charge in [0, 0.05) is 31.5 Å². The molecule has 1 fully saturated rings. The number of hydrogen-bond donors (Lipinski definition) is 1. The standard InChI is InChI=1S/C17H20F2N4O3/c1-11(20-16(24)23-9-7-17(18,19)8-10-23)15-21-14(22-26-15)12-3-5-13(25-2)6-4-12/h3-6,11H,7-10H2,1-2H3,(H,20,24)/t11-/m0/s1. The van der Waals surface area contributed by atoms with Gasteiger partial charge in [-0.3, -0.25) is 0 Å². The van der Waals surface area contributed by atoms with Crippen molar-refractivity contribution in [3.8, 4) is 17.1 Å². The van der Waals surface area contributed by atoms with Crippen LogP contribution in [-0.2, 0) is 0 Å². The number of nitrogens with zero attached hydrogens (tertiary/aromatic N) is 3. The van der Waals surface area contributed by atoms with Gasteiger partial charge in [-0.2, -0.15) is 4.98 Å². The molecule has 0 saturated carbocycles.